The van der Waals surface area contributed by atoms with E-state index in [4.69, 9.17) is 4.74 Å². The van der Waals surface area contributed by atoms with E-state index in [-0.39, 0.29) is 5.91 Å². The average molecular weight is 129 g/mol. The molecule has 0 aromatic heterocycles. The van der Waals surface area contributed by atoms with Crippen molar-refractivity contribution in [1.82, 2.24) is 5.32 Å². The van der Waals surface area contributed by atoms with E-state index in [1.807, 2.05) is 0 Å². The van der Waals surface area contributed by atoms with Gasteiger partial charge < -0.3 is 10.1 Å². The summed E-state index contributed by atoms with van der Waals surface area (Å²) in [5, 5.41) is 2.72. The summed E-state index contributed by atoms with van der Waals surface area (Å²) in [4.78, 5) is 10.7. The Hall–Kier alpha value is -0.570. The Balaban J connectivity index is 2.20. The Labute approximate surface area is 54.4 Å². The van der Waals surface area contributed by atoms with Gasteiger partial charge in [-0.3, -0.25) is 4.79 Å². The predicted octanol–water partition coefficient (Wildman–Crippen LogP) is -0.0870. The molecule has 3 nitrogen and oxygen atoms in total. The van der Waals surface area contributed by atoms with Gasteiger partial charge in [0.2, 0.25) is 5.91 Å². The molecule has 0 bridgehead atoms. The standard InChI is InChI=1S/C6H11NO2/c8-6-2-1-4-9-5-3-7-6/h1-5H2,(H,7,8). The van der Waals surface area contributed by atoms with E-state index in [1.54, 1.807) is 0 Å². The molecule has 1 heterocycles. The Morgan fingerprint density at radius 1 is 1.44 bits per heavy atom. The summed E-state index contributed by atoms with van der Waals surface area (Å²) in [5.74, 6) is 0.151. The Morgan fingerprint density at radius 3 is 3.22 bits per heavy atom. The summed E-state index contributed by atoms with van der Waals surface area (Å²) in [5.41, 5.74) is 0. The van der Waals surface area contributed by atoms with Crippen LogP contribution in [0.2, 0.25) is 0 Å². The van der Waals surface area contributed by atoms with E-state index in [2.05, 4.69) is 5.32 Å². The van der Waals surface area contributed by atoms with Gasteiger partial charge in [-0.05, 0) is 6.42 Å². The number of ether oxygens (including phenoxy) is 1. The molecule has 1 amide bonds. The van der Waals surface area contributed by atoms with Gasteiger partial charge in [-0.2, -0.15) is 0 Å². The van der Waals surface area contributed by atoms with Crippen LogP contribution in [-0.2, 0) is 9.53 Å². The van der Waals surface area contributed by atoms with Crippen molar-refractivity contribution in [3.05, 3.63) is 0 Å². The highest BCUT2D eigenvalue weighted by atomic mass is 16.5. The molecular formula is C6H11NO2. The SMILES string of the molecule is O=C1CCCOCCN1. The number of amides is 1. The Morgan fingerprint density at radius 2 is 2.33 bits per heavy atom. The fourth-order valence-corrected chi connectivity index (χ4v) is 0.788. The fraction of sp³-hybridized carbons (Fsp3) is 0.833. The Kier molecular flexibility index (Phi) is 2.51. The van der Waals surface area contributed by atoms with Crippen molar-refractivity contribution in [3.8, 4) is 0 Å². The number of carbonyl (C=O) groups is 1. The van der Waals surface area contributed by atoms with Crippen LogP contribution in [0.3, 0.4) is 0 Å². The molecule has 1 aliphatic heterocycles. The third-order valence-electron chi connectivity index (χ3n) is 1.26. The van der Waals surface area contributed by atoms with E-state index in [9.17, 15) is 4.79 Å². The van der Waals surface area contributed by atoms with E-state index in [0.717, 1.165) is 13.0 Å². The summed E-state index contributed by atoms with van der Waals surface area (Å²) < 4.78 is 5.11. The van der Waals surface area contributed by atoms with Crippen molar-refractivity contribution in [2.24, 2.45) is 0 Å². The van der Waals surface area contributed by atoms with Crippen LogP contribution in [0, 0.1) is 0 Å². The minimum Gasteiger partial charge on any atom is -0.380 e. The summed E-state index contributed by atoms with van der Waals surface area (Å²) in [6.45, 7) is 2.05. The van der Waals surface area contributed by atoms with Crippen molar-refractivity contribution >= 4 is 5.91 Å². The summed E-state index contributed by atoms with van der Waals surface area (Å²) in [6, 6.07) is 0. The van der Waals surface area contributed by atoms with Crippen LogP contribution < -0.4 is 5.32 Å². The van der Waals surface area contributed by atoms with Crippen LogP contribution in [0.25, 0.3) is 0 Å². The molecule has 0 spiro atoms. The van der Waals surface area contributed by atoms with E-state index >= 15 is 0 Å². The van der Waals surface area contributed by atoms with Crippen LogP contribution in [0.1, 0.15) is 12.8 Å². The molecule has 0 aliphatic carbocycles. The first-order valence-corrected chi connectivity index (χ1v) is 3.24. The fourth-order valence-electron chi connectivity index (χ4n) is 0.788. The van der Waals surface area contributed by atoms with Gasteiger partial charge in [0.05, 0.1) is 6.61 Å². The lowest BCUT2D eigenvalue weighted by molar-refractivity contribution is -0.122. The summed E-state index contributed by atoms with van der Waals surface area (Å²) >= 11 is 0. The van der Waals surface area contributed by atoms with Crippen molar-refractivity contribution in [2.75, 3.05) is 19.8 Å². The molecule has 1 aliphatic rings. The molecule has 0 aromatic rings. The van der Waals surface area contributed by atoms with Gasteiger partial charge in [-0.1, -0.05) is 0 Å². The lowest BCUT2D eigenvalue weighted by atomic mass is 10.3. The van der Waals surface area contributed by atoms with Crippen molar-refractivity contribution in [3.63, 3.8) is 0 Å². The molecule has 1 rings (SSSR count). The van der Waals surface area contributed by atoms with Gasteiger partial charge in [0.25, 0.3) is 0 Å². The summed E-state index contributed by atoms with van der Waals surface area (Å²) in [7, 11) is 0. The minimum absolute atomic E-state index is 0.151. The van der Waals surface area contributed by atoms with Gasteiger partial charge in [-0.15, -0.1) is 0 Å². The summed E-state index contributed by atoms with van der Waals surface area (Å²) in [6.07, 6.45) is 1.46. The molecule has 0 saturated carbocycles. The second-order valence-corrected chi connectivity index (χ2v) is 2.07. The first-order valence-electron chi connectivity index (χ1n) is 3.24. The monoisotopic (exact) mass is 129 g/mol. The van der Waals surface area contributed by atoms with Crippen molar-refractivity contribution in [1.29, 1.82) is 0 Å². The highest BCUT2D eigenvalue weighted by Gasteiger charge is 2.02. The first-order chi connectivity index (χ1) is 4.39. The minimum atomic E-state index is 0.151. The molecule has 1 N–H and O–H groups in total. The molecule has 0 aromatic carbocycles. The maximum absolute atomic E-state index is 10.7. The van der Waals surface area contributed by atoms with E-state index in [0.29, 0.717) is 19.6 Å². The molecule has 52 valence electrons. The lowest BCUT2D eigenvalue weighted by Gasteiger charge is -2.09. The molecule has 3 heteroatoms. The molecule has 0 unspecified atom stereocenters. The Bertz CT molecular complexity index is 93.2. The highest BCUT2D eigenvalue weighted by Crippen LogP contribution is 1.92. The molecule has 1 fully saturated rings. The number of rotatable bonds is 0. The van der Waals surface area contributed by atoms with Crippen LogP contribution in [0.4, 0.5) is 0 Å². The number of nitrogens with one attached hydrogen (secondary N) is 1. The smallest absolute Gasteiger partial charge is 0.220 e. The van der Waals surface area contributed by atoms with Crippen LogP contribution >= 0.6 is 0 Å². The number of hydrogen-bond acceptors (Lipinski definition) is 2. The molecular weight excluding hydrogens is 118 g/mol. The van der Waals surface area contributed by atoms with Gasteiger partial charge in [0, 0.05) is 19.6 Å². The quantitative estimate of drug-likeness (QED) is 0.496. The van der Waals surface area contributed by atoms with Gasteiger partial charge in [0.1, 0.15) is 0 Å². The van der Waals surface area contributed by atoms with Gasteiger partial charge in [-0.25, -0.2) is 0 Å². The van der Waals surface area contributed by atoms with Gasteiger partial charge in [0.15, 0.2) is 0 Å². The van der Waals surface area contributed by atoms with Gasteiger partial charge >= 0.3 is 0 Å². The zero-order valence-corrected chi connectivity index (χ0v) is 5.35. The predicted molar refractivity (Wildman–Crippen MR) is 33.1 cm³/mol. The third kappa shape index (κ3) is 2.46. The van der Waals surface area contributed by atoms with Crippen LogP contribution in [-0.4, -0.2) is 25.7 Å². The van der Waals surface area contributed by atoms with E-state index < -0.39 is 0 Å². The first kappa shape index (κ1) is 6.55. The number of hydrogen-bond donors (Lipinski definition) is 1. The zero-order chi connectivity index (χ0) is 6.53. The van der Waals surface area contributed by atoms with Crippen LogP contribution in [0.15, 0.2) is 0 Å². The number of carbonyl (C=O) groups excluding carboxylic acids is 1. The topological polar surface area (TPSA) is 38.3 Å². The maximum Gasteiger partial charge on any atom is 0.220 e. The lowest BCUT2D eigenvalue weighted by Crippen LogP contribution is -2.29. The second kappa shape index (κ2) is 3.45. The average Bonchev–Trinajstić information content (AvgIpc) is 1.79. The third-order valence-corrected chi connectivity index (χ3v) is 1.26. The maximum atomic E-state index is 10.7. The highest BCUT2D eigenvalue weighted by molar-refractivity contribution is 5.75. The normalized spacial score (nSPS) is 22.0. The molecule has 1 saturated heterocycles. The largest absolute Gasteiger partial charge is 0.380 e. The second-order valence-electron chi connectivity index (χ2n) is 2.07. The zero-order valence-electron chi connectivity index (χ0n) is 5.35. The molecule has 0 atom stereocenters. The molecule has 9 heavy (non-hydrogen) atoms. The molecule has 0 radical (unpaired) electrons. The van der Waals surface area contributed by atoms with Crippen molar-refractivity contribution in [2.45, 2.75) is 12.8 Å². The van der Waals surface area contributed by atoms with E-state index in [1.165, 1.54) is 0 Å². The van der Waals surface area contributed by atoms with Crippen LogP contribution in [0.5, 0.6) is 0 Å². The van der Waals surface area contributed by atoms with Crippen molar-refractivity contribution < 1.29 is 9.53 Å².